The van der Waals surface area contributed by atoms with Crippen molar-refractivity contribution in [3.8, 4) is 0 Å². The zero-order valence-electron chi connectivity index (χ0n) is 14.3. The van der Waals surface area contributed by atoms with Crippen molar-refractivity contribution in [2.45, 2.75) is 46.4 Å². The lowest BCUT2D eigenvalue weighted by Gasteiger charge is -2.22. The van der Waals surface area contributed by atoms with Gasteiger partial charge in [-0.3, -0.25) is 9.13 Å². The zero-order chi connectivity index (χ0) is 17.7. The quantitative estimate of drug-likeness (QED) is 0.502. The van der Waals surface area contributed by atoms with E-state index in [0.29, 0.717) is 5.71 Å². The Balaban J connectivity index is 1.93. The average molecular weight is 358 g/mol. The minimum absolute atomic E-state index is 0.167. The normalized spacial score (nSPS) is 12.6. The molecule has 134 valence electrons. The molecule has 2 aromatic rings. The number of hydrogen-bond donors (Lipinski definition) is 0. The lowest BCUT2D eigenvalue weighted by Crippen LogP contribution is -2.24. The number of furan rings is 1. The molecule has 0 aromatic carbocycles. The number of fused-ring (bicyclic) bond motifs is 1. The summed E-state index contributed by atoms with van der Waals surface area (Å²) in [5.74, 6) is 0. The molecule has 0 radical (unpaired) electrons. The van der Waals surface area contributed by atoms with Crippen molar-refractivity contribution in [3.05, 3.63) is 29.0 Å². The Morgan fingerprint density at radius 2 is 1.92 bits per heavy atom. The predicted molar refractivity (Wildman–Crippen MR) is 89.1 cm³/mol. The summed E-state index contributed by atoms with van der Waals surface area (Å²) in [5, 5.41) is 0.728. The molecule has 0 aliphatic carbocycles. The predicted octanol–water partition coefficient (Wildman–Crippen LogP) is 3.01. The van der Waals surface area contributed by atoms with Crippen LogP contribution in [0.4, 0.5) is 0 Å². The number of nitrogens with zero attached hydrogens (tertiary/aromatic N) is 2. The average Bonchev–Trinajstić information content (AvgIpc) is 2.88. The van der Waals surface area contributed by atoms with E-state index in [2.05, 4.69) is 4.98 Å². The molecular formula is C15H23N2O6P. The molecule has 0 saturated carbocycles. The fourth-order valence-corrected chi connectivity index (χ4v) is 3.91. The highest BCUT2D eigenvalue weighted by Crippen LogP contribution is 2.50. The molecule has 0 fully saturated rings. The summed E-state index contributed by atoms with van der Waals surface area (Å²) in [6.45, 7) is 7.57. The Morgan fingerprint density at radius 3 is 2.54 bits per heavy atom. The van der Waals surface area contributed by atoms with Gasteiger partial charge in [0.25, 0.3) is 0 Å². The van der Waals surface area contributed by atoms with E-state index in [9.17, 15) is 9.36 Å². The minimum atomic E-state index is -3.33. The lowest BCUT2D eigenvalue weighted by atomic mass is 10.4. The number of hydrogen-bond acceptors (Lipinski definition) is 7. The largest absolute Gasteiger partial charge is 0.446 e. The van der Waals surface area contributed by atoms with Gasteiger partial charge in [0.15, 0.2) is 0 Å². The monoisotopic (exact) mass is 358 g/mol. The van der Waals surface area contributed by atoms with E-state index < -0.39 is 13.3 Å². The van der Waals surface area contributed by atoms with Gasteiger partial charge in [-0.15, -0.1) is 0 Å². The van der Waals surface area contributed by atoms with E-state index in [-0.39, 0.29) is 31.7 Å². The van der Waals surface area contributed by atoms with Crippen molar-refractivity contribution >= 4 is 18.7 Å². The van der Waals surface area contributed by atoms with Crippen molar-refractivity contribution in [1.82, 2.24) is 9.55 Å². The summed E-state index contributed by atoms with van der Waals surface area (Å²) >= 11 is 0. The molecule has 0 bridgehead atoms. The molecule has 24 heavy (non-hydrogen) atoms. The van der Waals surface area contributed by atoms with Gasteiger partial charge in [-0.25, -0.2) is 4.79 Å². The molecule has 0 aliphatic heterocycles. The van der Waals surface area contributed by atoms with Crippen LogP contribution in [0.5, 0.6) is 0 Å². The SMILES string of the molecule is CC(C)OP(=O)(COCCn1cc2ccoc2nc1=O)OC(C)C. The summed E-state index contributed by atoms with van der Waals surface area (Å²) in [7, 11) is -3.33. The highest BCUT2D eigenvalue weighted by Gasteiger charge is 2.28. The fourth-order valence-electron chi connectivity index (χ4n) is 2.10. The standard InChI is InChI=1S/C15H23N2O6P/c1-11(2)22-24(19,23-12(3)4)10-20-8-6-17-9-13-5-7-21-14(13)16-15(17)18/h5,7,9,11-12H,6,8,10H2,1-4H3. The van der Waals surface area contributed by atoms with E-state index in [1.165, 1.54) is 10.8 Å². The smallest absolute Gasteiger partial charge is 0.356 e. The third-order valence-corrected chi connectivity index (χ3v) is 4.87. The molecule has 2 heterocycles. The Bertz CT molecular complexity index is 753. The van der Waals surface area contributed by atoms with E-state index in [4.69, 9.17) is 18.2 Å². The van der Waals surface area contributed by atoms with Crippen LogP contribution in [0.2, 0.25) is 0 Å². The zero-order valence-corrected chi connectivity index (χ0v) is 15.2. The Morgan fingerprint density at radius 1 is 1.25 bits per heavy atom. The number of rotatable bonds is 9. The molecule has 0 aliphatic rings. The highest BCUT2D eigenvalue weighted by atomic mass is 31.2. The van der Waals surface area contributed by atoms with Gasteiger partial charge in [-0.2, -0.15) is 4.98 Å². The van der Waals surface area contributed by atoms with Crippen LogP contribution >= 0.6 is 7.60 Å². The lowest BCUT2D eigenvalue weighted by molar-refractivity contribution is 0.0955. The second kappa shape index (κ2) is 8.07. The molecule has 8 nitrogen and oxygen atoms in total. The maximum atomic E-state index is 12.6. The second-order valence-corrected chi connectivity index (χ2v) is 7.76. The van der Waals surface area contributed by atoms with Crippen molar-refractivity contribution in [1.29, 1.82) is 0 Å². The van der Waals surface area contributed by atoms with Crippen LogP contribution < -0.4 is 5.69 Å². The third-order valence-electron chi connectivity index (χ3n) is 2.88. The van der Waals surface area contributed by atoms with E-state index in [1.807, 2.05) is 0 Å². The number of aromatic nitrogens is 2. The van der Waals surface area contributed by atoms with Gasteiger partial charge < -0.3 is 18.2 Å². The summed E-state index contributed by atoms with van der Waals surface area (Å²) in [6, 6.07) is 1.72. The Labute approximate surface area is 140 Å². The molecule has 0 N–H and O–H groups in total. The first-order chi connectivity index (χ1) is 11.3. The maximum Gasteiger partial charge on any atom is 0.356 e. The summed E-state index contributed by atoms with van der Waals surface area (Å²) in [4.78, 5) is 15.7. The Kier molecular flexibility index (Phi) is 6.34. The third kappa shape index (κ3) is 5.27. The molecule has 0 spiro atoms. The molecule has 0 saturated heterocycles. The van der Waals surface area contributed by atoms with Gasteiger partial charge in [0.2, 0.25) is 5.71 Å². The van der Waals surface area contributed by atoms with Crippen LogP contribution in [0.25, 0.3) is 11.1 Å². The van der Waals surface area contributed by atoms with E-state index in [0.717, 1.165) is 5.39 Å². The van der Waals surface area contributed by atoms with Crippen molar-refractivity contribution < 1.29 is 22.8 Å². The minimum Gasteiger partial charge on any atom is -0.446 e. The molecule has 2 aromatic heterocycles. The van der Waals surface area contributed by atoms with Crippen molar-refractivity contribution in [3.63, 3.8) is 0 Å². The fraction of sp³-hybridized carbons (Fsp3) is 0.600. The first kappa shape index (κ1) is 18.9. The highest BCUT2D eigenvalue weighted by molar-refractivity contribution is 7.53. The molecule has 0 unspecified atom stereocenters. The molecule has 2 rings (SSSR count). The van der Waals surface area contributed by atoms with Crippen LogP contribution in [0, 0.1) is 0 Å². The summed E-state index contributed by atoms with van der Waals surface area (Å²) in [5.41, 5.74) is -0.126. The van der Waals surface area contributed by atoms with Gasteiger partial charge in [0.05, 0.1) is 37.0 Å². The molecule has 9 heteroatoms. The van der Waals surface area contributed by atoms with Crippen LogP contribution in [-0.2, 0) is 24.9 Å². The Hall–Kier alpha value is -1.47. The van der Waals surface area contributed by atoms with Gasteiger partial charge in [0, 0.05) is 6.20 Å². The number of ether oxygens (including phenoxy) is 1. The van der Waals surface area contributed by atoms with Crippen molar-refractivity contribution in [2.24, 2.45) is 0 Å². The maximum absolute atomic E-state index is 12.6. The van der Waals surface area contributed by atoms with Crippen molar-refractivity contribution in [2.75, 3.05) is 13.0 Å². The van der Waals surface area contributed by atoms with Crippen LogP contribution in [0.1, 0.15) is 27.7 Å². The topological polar surface area (TPSA) is 92.8 Å². The molecule has 0 amide bonds. The second-order valence-electron chi connectivity index (χ2n) is 5.85. The van der Waals surface area contributed by atoms with Crippen LogP contribution in [-0.4, -0.2) is 34.7 Å². The van der Waals surface area contributed by atoms with E-state index in [1.54, 1.807) is 40.0 Å². The van der Waals surface area contributed by atoms with Gasteiger partial charge >= 0.3 is 13.3 Å². The van der Waals surface area contributed by atoms with Gasteiger partial charge in [-0.1, -0.05) is 0 Å². The van der Waals surface area contributed by atoms with Gasteiger partial charge in [0.1, 0.15) is 6.35 Å². The summed E-state index contributed by atoms with van der Waals surface area (Å²) in [6.07, 6.45) is 2.47. The summed E-state index contributed by atoms with van der Waals surface area (Å²) < 4.78 is 35.3. The molecule has 0 atom stereocenters. The first-order valence-electron chi connectivity index (χ1n) is 7.77. The molecular weight excluding hydrogens is 335 g/mol. The van der Waals surface area contributed by atoms with Crippen LogP contribution in [0.15, 0.2) is 27.7 Å². The van der Waals surface area contributed by atoms with Crippen LogP contribution in [0.3, 0.4) is 0 Å². The van der Waals surface area contributed by atoms with E-state index >= 15 is 0 Å². The first-order valence-corrected chi connectivity index (χ1v) is 9.50. The van der Waals surface area contributed by atoms with Gasteiger partial charge in [-0.05, 0) is 33.8 Å².